The lowest BCUT2D eigenvalue weighted by molar-refractivity contribution is 0.410. The summed E-state index contributed by atoms with van der Waals surface area (Å²) in [5.74, 6) is 0.686. The molecule has 84 valence electrons. The van der Waals surface area contributed by atoms with Crippen LogP contribution in [0.25, 0.3) is 0 Å². The van der Waals surface area contributed by atoms with Gasteiger partial charge in [0, 0.05) is 11.9 Å². The van der Waals surface area contributed by atoms with E-state index in [1.807, 2.05) is 6.20 Å². The summed E-state index contributed by atoms with van der Waals surface area (Å²) in [4.78, 5) is 4.50. The number of hydrogen-bond donors (Lipinski definition) is 0. The molecular formula is C14H23N. The molecule has 0 N–H and O–H groups in total. The summed E-state index contributed by atoms with van der Waals surface area (Å²) < 4.78 is 0. The van der Waals surface area contributed by atoms with Crippen LogP contribution in [0.2, 0.25) is 0 Å². The maximum atomic E-state index is 4.50. The standard InChI is InChI=1S/C14H23N/c1-11(2)8-13-7-6-12(10-15-13)9-14(3,4)5/h6-7,10-11H,8-9H2,1-5H3. The fourth-order valence-electron chi connectivity index (χ4n) is 1.71. The highest BCUT2D eigenvalue weighted by atomic mass is 14.7. The van der Waals surface area contributed by atoms with E-state index < -0.39 is 0 Å². The van der Waals surface area contributed by atoms with Crippen LogP contribution in [0.4, 0.5) is 0 Å². The maximum Gasteiger partial charge on any atom is 0.0406 e. The van der Waals surface area contributed by atoms with Crippen molar-refractivity contribution in [2.75, 3.05) is 0 Å². The third-order valence-electron chi connectivity index (χ3n) is 2.24. The molecule has 15 heavy (non-hydrogen) atoms. The second-order valence-electron chi connectivity index (χ2n) is 5.99. The molecule has 0 bridgehead atoms. The average Bonchev–Trinajstić information content (AvgIpc) is 2.05. The van der Waals surface area contributed by atoms with E-state index in [0.29, 0.717) is 11.3 Å². The molecule has 1 rings (SSSR count). The lowest BCUT2D eigenvalue weighted by Gasteiger charge is -2.17. The van der Waals surface area contributed by atoms with Gasteiger partial charge in [0.05, 0.1) is 0 Å². The number of aromatic nitrogens is 1. The summed E-state index contributed by atoms with van der Waals surface area (Å²) in [5, 5.41) is 0. The molecule has 0 saturated carbocycles. The smallest absolute Gasteiger partial charge is 0.0406 e. The van der Waals surface area contributed by atoms with E-state index in [0.717, 1.165) is 12.8 Å². The van der Waals surface area contributed by atoms with Gasteiger partial charge in [0.15, 0.2) is 0 Å². The lowest BCUT2D eigenvalue weighted by Crippen LogP contribution is -2.09. The normalized spacial score (nSPS) is 12.1. The first kappa shape index (κ1) is 12.2. The zero-order chi connectivity index (χ0) is 11.5. The van der Waals surface area contributed by atoms with E-state index in [-0.39, 0.29) is 0 Å². The van der Waals surface area contributed by atoms with Crippen LogP contribution in [0.5, 0.6) is 0 Å². The maximum absolute atomic E-state index is 4.50. The van der Waals surface area contributed by atoms with Crippen molar-refractivity contribution in [1.29, 1.82) is 0 Å². The van der Waals surface area contributed by atoms with Gasteiger partial charge in [-0.15, -0.1) is 0 Å². The Morgan fingerprint density at radius 1 is 1.20 bits per heavy atom. The fraction of sp³-hybridized carbons (Fsp3) is 0.643. The Bertz CT molecular complexity index is 290. The molecule has 0 amide bonds. The lowest BCUT2D eigenvalue weighted by atomic mass is 9.89. The number of nitrogens with zero attached hydrogens (tertiary/aromatic N) is 1. The second kappa shape index (κ2) is 4.78. The van der Waals surface area contributed by atoms with Gasteiger partial charge in [0.1, 0.15) is 0 Å². The fourth-order valence-corrected chi connectivity index (χ4v) is 1.71. The highest BCUT2D eigenvalue weighted by molar-refractivity contribution is 5.15. The molecular weight excluding hydrogens is 182 g/mol. The van der Waals surface area contributed by atoms with Gasteiger partial charge < -0.3 is 0 Å². The molecule has 0 unspecified atom stereocenters. The Kier molecular flexibility index (Phi) is 3.90. The van der Waals surface area contributed by atoms with Gasteiger partial charge in [0.25, 0.3) is 0 Å². The number of hydrogen-bond acceptors (Lipinski definition) is 1. The number of rotatable bonds is 3. The van der Waals surface area contributed by atoms with E-state index in [9.17, 15) is 0 Å². The molecule has 0 fully saturated rings. The summed E-state index contributed by atoms with van der Waals surface area (Å²) in [7, 11) is 0. The highest BCUT2D eigenvalue weighted by Gasteiger charge is 2.11. The van der Waals surface area contributed by atoms with Crippen LogP contribution in [0.1, 0.15) is 45.9 Å². The quantitative estimate of drug-likeness (QED) is 0.730. The Balaban J connectivity index is 2.64. The van der Waals surface area contributed by atoms with E-state index in [1.165, 1.54) is 11.3 Å². The molecule has 0 atom stereocenters. The van der Waals surface area contributed by atoms with Gasteiger partial charge >= 0.3 is 0 Å². The minimum absolute atomic E-state index is 0.348. The van der Waals surface area contributed by atoms with E-state index >= 15 is 0 Å². The SMILES string of the molecule is CC(C)Cc1ccc(CC(C)(C)C)cn1. The molecule has 0 radical (unpaired) electrons. The predicted octanol–water partition coefficient (Wildman–Crippen LogP) is 3.87. The van der Waals surface area contributed by atoms with Gasteiger partial charge in [-0.1, -0.05) is 40.7 Å². The molecule has 0 saturated heterocycles. The summed E-state index contributed by atoms with van der Waals surface area (Å²) in [6, 6.07) is 4.39. The van der Waals surface area contributed by atoms with Gasteiger partial charge in [-0.2, -0.15) is 0 Å². The van der Waals surface area contributed by atoms with Crippen molar-refractivity contribution in [3.63, 3.8) is 0 Å². The third kappa shape index (κ3) is 4.96. The molecule has 1 nitrogen and oxygen atoms in total. The second-order valence-corrected chi connectivity index (χ2v) is 5.99. The Morgan fingerprint density at radius 2 is 1.87 bits per heavy atom. The van der Waals surface area contributed by atoms with Crippen molar-refractivity contribution in [2.24, 2.45) is 11.3 Å². The van der Waals surface area contributed by atoms with Crippen molar-refractivity contribution in [3.8, 4) is 0 Å². The van der Waals surface area contributed by atoms with Crippen LogP contribution >= 0.6 is 0 Å². The first-order valence-electron chi connectivity index (χ1n) is 5.80. The molecule has 0 aliphatic heterocycles. The average molecular weight is 205 g/mol. The topological polar surface area (TPSA) is 12.9 Å². The highest BCUT2D eigenvalue weighted by Crippen LogP contribution is 2.20. The van der Waals surface area contributed by atoms with Crippen LogP contribution in [0.15, 0.2) is 18.3 Å². The predicted molar refractivity (Wildman–Crippen MR) is 65.9 cm³/mol. The summed E-state index contributed by atoms with van der Waals surface area (Å²) in [6.07, 6.45) is 4.21. The summed E-state index contributed by atoms with van der Waals surface area (Å²) in [5.41, 5.74) is 2.90. The largest absolute Gasteiger partial charge is 0.261 e. The summed E-state index contributed by atoms with van der Waals surface area (Å²) >= 11 is 0. The zero-order valence-corrected chi connectivity index (χ0v) is 10.7. The molecule has 1 aromatic heterocycles. The Hall–Kier alpha value is -0.850. The third-order valence-corrected chi connectivity index (χ3v) is 2.24. The van der Waals surface area contributed by atoms with Gasteiger partial charge in [-0.3, -0.25) is 4.98 Å². The van der Waals surface area contributed by atoms with E-state index in [1.54, 1.807) is 0 Å². The van der Waals surface area contributed by atoms with E-state index in [2.05, 4.69) is 51.7 Å². The van der Waals surface area contributed by atoms with Crippen molar-refractivity contribution >= 4 is 0 Å². The van der Waals surface area contributed by atoms with Crippen LogP contribution in [0, 0.1) is 11.3 Å². The molecule has 0 aliphatic carbocycles. The van der Waals surface area contributed by atoms with Gasteiger partial charge in [-0.05, 0) is 35.8 Å². The zero-order valence-electron chi connectivity index (χ0n) is 10.7. The Morgan fingerprint density at radius 3 is 2.27 bits per heavy atom. The molecule has 1 aromatic rings. The monoisotopic (exact) mass is 205 g/mol. The number of pyridine rings is 1. The van der Waals surface area contributed by atoms with Crippen LogP contribution in [0.3, 0.4) is 0 Å². The Labute approximate surface area is 93.9 Å². The van der Waals surface area contributed by atoms with Crippen molar-refractivity contribution in [1.82, 2.24) is 4.98 Å². The first-order valence-corrected chi connectivity index (χ1v) is 5.80. The summed E-state index contributed by atoms with van der Waals surface area (Å²) in [6.45, 7) is 11.2. The van der Waals surface area contributed by atoms with Crippen molar-refractivity contribution in [3.05, 3.63) is 29.6 Å². The van der Waals surface area contributed by atoms with Crippen LogP contribution in [-0.2, 0) is 12.8 Å². The van der Waals surface area contributed by atoms with Crippen LogP contribution in [-0.4, -0.2) is 4.98 Å². The minimum Gasteiger partial charge on any atom is -0.261 e. The van der Waals surface area contributed by atoms with Gasteiger partial charge in [0.2, 0.25) is 0 Å². The molecule has 0 aliphatic rings. The minimum atomic E-state index is 0.348. The molecule has 1 heteroatoms. The molecule has 0 aromatic carbocycles. The van der Waals surface area contributed by atoms with E-state index in [4.69, 9.17) is 0 Å². The van der Waals surface area contributed by atoms with Crippen molar-refractivity contribution in [2.45, 2.75) is 47.5 Å². The van der Waals surface area contributed by atoms with Crippen LogP contribution < -0.4 is 0 Å². The van der Waals surface area contributed by atoms with Crippen molar-refractivity contribution < 1.29 is 0 Å². The van der Waals surface area contributed by atoms with Gasteiger partial charge in [-0.25, -0.2) is 0 Å². The molecule has 0 spiro atoms. The first-order chi connectivity index (χ1) is 6.87. The molecule has 1 heterocycles.